The molecule has 0 aliphatic rings. The van der Waals surface area contributed by atoms with Crippen LogP contribution in [0.25, 0.3) is 10.9 Å². The summed E-state index contributed by atoms with van der Waals surface area (Å²) in [5.41, 5.74) is 0.612. The maximum absolute atomic E-state index is 12.0. The Balaban J connectivity index is 2.41. The van der Waals surface area contributed by atoms with E-state index < -0.39 is 6.09 Å². The smallest absolute Gasteiger partial charge is 0.418 e. The fourth-order valence-corrected chi connectivity index (χ4v) is 2.79. The fourth-order valence-electron chi connectivity index (χ4n) is 1.91. The maximum atomic E-state index is 12.0. The summed E-state index contributed by atoms with van der Waals surface area (Å²) in [5, 5.41) is 1.25. The maximum Gasteiger partial charge on any atom is 0.418 e. The highest BCUT2D eigenvalue weighted by molar-refractivity contribution is 9.10. The van der Waals surface area contributed by atoms with Crippen molar-refractivity contribution in [3.05, 3.63) is 27.8 Å². The number of aromatic nitrogens is 1. The normalized spacial score (nSPS) is 10.8. The van der Waals surface area contributed by atoms with Gasteiger partial charge in [0.25, 0.3) is 0 Å². The molecule has 0 fully saturated rings. The molecule has 0 saturated heterocycles. The highest BCUT2D eigenvalue weighted by Gasteiger charge is 2.17. The van der Waals surface area contributed by atoms with Crippen molar-refractivity contribution in [1.29, 1.82) is 0 Å². The second kappa shape index (κ2) is 6.50. The van der Waals surface area contributed by atoms with Gasteiger partial charge in [-0.2, -0.15) is 0 Å². The van der Waals surface area contributed by atoms with Crippen molar-refractivity contribution in [3.63, 3.8) is 0 Å². The van der Waals surface area contributed by atoms with Crippen LogP contribution in [0.5, 0.6) is 5.75 Å². The molecule has 1 heterocycles. The lowest BCUT2D eigenvalue weighted by atomic mass is 10.2. The zero-order valence-corrected chi connectivity index (χ0v) is 13.6. The Morgan fingerprint density at radius 3 is 2.90 bits per heavy atom. The molecule has 0 aliphatic heterocycles. The van der Waals surface area contributed by atoms with Crippen molar-refractivity contribution in [1.82, 2.24) is 4.57 Å². The summed E-state index contributed by atoms with van der Waals surface area (Å²) in [4.78, 5) is 12.0. The van der Waals surface area contributed by atoms with E-state index in [-0.39, 0.29) is 0 Å². The van der Waals surface area contributed by atoms with Gasteiger partial charge in [-0.05, 0) is 28.4 Å². The molecule has 108 valence electrons. The molecule has 0 N–H and O–H groups in total. The number of hydrogen-bond acceptors (Lipinski definition) is 3. The van der Waals surface area contributed by atoms with Crippen LogP contribution in [0.15, 0.2) is 22.8 Å². The van der Waals surface area contributed by atoms with Gasteiger partial charge >= 0.3 is 6.09 Å². The molecule has 0 amide bonds. The summed E-state index contributed by atoms with van der Waals surface area (Å²) < 4.78 is 12.6. The van der Waals surface area contributed by atoms with Crippen molar-refractivity contribution in [2.75, 3.05) is 13.7 Å². The molecule has 0 radical (unpaired) electrons. The second-order valence-electron chi connectivity index (χ2n) is 4.29. The lowest BCUT2D eigenvalue weighted by Crippen LogP contribution is -2.13. The van der Waals surface area contributed by atoms with Gasteiger partial charge in [0.05, 0.1) is 28.7 Å². The van der Waals surface area contributed by atoms with E-state index in [2.05, 4.69) is 15.9 Å². The Kier molecular flexibility index (Phi) is 4.94. The number of ether oxygens (including phenoxy) is 2. The van der Waals surface area contributed by atoms with Crippen LogP contribution in [0.2, 0.25) is 5.02 Å². The van der Waals surface area contributed by atoms with Gasteiger partial charge in [0.15, 0.2) is 0 Å². The summed E-state index contributed by atoms with van der Waals surface area (Å²) in [7, 11) is 1.57. The lowest BCUT2D eigenvalue weighted by Gasteiger charge is -2.09. The number of hydrogen-bond donors (Lipinski definition) is 0. The third kappa shape index (κ3) is 2.79. The molecule has 0 spiro atoms. The van der Waals surface area contributed by atoms with Crippen LogP contribution in [0.4, 0.5) is 4.79 Å². The predicted octanol–water partition coefficient (Wildman–Crippen LogP) is 4.85. The Hall–Kier alpha value is -1.20. The molecular formula is C14H15BrClNO3. The third-order valence-corrected chi connectivity index (χ3v) is 4.07. The number of rotatable bonds is 4. The first kappa shape index (κ1) is 15.2. The minimum Gasteiger partial charge on any atom is -0.495 e. The standard InChI is InChI=1S/C14H15BrClNO3/c1-3-4-7-20-14(18)17-6-5-9-12(15)11(19-2)8-10(16)13(9)17/h5-6,8H,3-4,7H2,1-2H3. The number of nitrogens with zero attached hydrogens (tertiary/aromatic N) is 1. The first-order chi connectivity index (χ1) is 9.60. The van der Waals surface area contributed by atoms with Gasteiger partial charge in [0.2, 0.25) is 0 Å². The average molecular weight is 361 g/mol. The van der Waals surface area contributed by atoms with Crippen LogP contribution in [0.3, 0.4) is 0 Å². The first-order valence-corrected chi connectivity index (χ1v) is 7.47. The summed E-state index contributed by atoms with van der Waals surface area (Å²) in [6.45, 7) is 2.45. The van der Waals surface area contributed by atoms with E-state index in [1.807, 2.05) is 6.92 Å². The predicted molar refractivity (Wildman–Crippen MR) is 82.9 cm³/mol. The molecule has 6 heteroatoms. The van der Waals surface area contributed by atoms with Crippen LogP contribution >= 0.6 is 27.5 Å². The molecule has 2 aromatic rings. The number of methoxy groups -OCH3 is 1. The van der Waals surface area contributed by atoms with Crippen LogP contribution in [0.1, 0.15) is 19.8 Å². The number of halogens is 2. The fraction of sp³-hybridized carbons (Fsp3) is 0.357. The summed E-state index contributed by atoms with van der Waals surface area (Å²) in [6, 6.07) is 3.47. The summed E-state index contributed by atoms with van der Waals surface area (Å²) >= 11 is 9.69. The molecule has 0 aliphatic carbocycles. The molecule has 0 atom stereocenters. The van der Waals surface area contributed by atoms with Crippen molar-refractivity contribution in [2.45, 2.75) is 19.8 Å². The van der Waals surface area contributed by atoms with E-state index in [9.17, 15) is 4.79 Å². The van der Waals surface area contributed by atoms with Gasteiger partial charge in [-0.15, -0.1) is 0 Å². The van der Waals surface area contributed by atoms with Gasteiger partial charge in [0, 0.05) is 17.6 Å². The number of carbonyl (C=O) groups is 1. The SMILES string of the molecule is CCCCOC(=O)n1ccc2c(Br)c(OC)cc(Cl)c21. The summed E-state index contributed by atoms with van der Waals surface area (Å²) in [5.74, 6) is 0.625. The van der Waals surface area contributed by atoms with Crippen LogP contribution < -0.4 is 4.74 Å². The van der Waals surface area contributed by atoms with Crippen LogP contribution in [0, 0.1) is 0 Å². The van der Waals surface area contributed by atoms with Crippen molar-refractivity contribution >= 4 is 44.5 Å². The number of unbranched alkanes of at least 4 members (excludes halogenated alkanes) is 1. The Bertz CT molecular complexity index is 639. The molecule has 0 unspecified atom stereocenters. The van der Waals surface area contributed by atoms with E-state index >= 15 is 0 Å². The Morgan fingerprint density at radius 2 is 2.25 bits per heavy atom. The monoisotopic (exact) mass is 359 g/mol. The van der Waals surface area contributed by atoms with Crippen LogP contribution in [-0.2, 0) is 4.74 Å². The van der Waals surface area contributed by atoms with E-state index in [1.54, 1.807) is 25.4 Å². The average Bonchev–Trinajstić information content (AvgIpc) is 2.88. The van der Waals surface area contributed by atoms with Gasteiger partial charge in [-0.1, -0.05) is 24.9 Å². The zero-order valence-electron chi connectivity index (χ0n) is 11.3. The highest BCUT2D eigenvalue weighted by atomic mass is 79.9. The minimum absolute atomic E-state index is 0.407. The largest absolute Gasteiger partial charge is 0.495 e. The van der Waals surface area contributed by atoms with Gasteiger partial charge in [0.1, 0.15) is 5.75 Å². The van der Waals surface area contributed by atoms with E-state index in [1.165, 1.54) is 4.57 Å². The van der Waals surface area contributed by atoms with E-state index in [4.69, 9.17) is 21.1 Å². The molecule has 0 bridgehead atoms. The van der Waals surface area contributed by atoms with Crippen molar-refractivity contribution in [2.24, 2.45) is 0 Å². The molecule has 1 aromatic carbocycles. The summed E-state index contributed by atoms with van der Waals surface area (Å²) in [6.07, 6.45) is 3.04. The Labute approximate surface area is 130 Å². The molecule has 4 nitrogen and oxygen atoms in total. The van der Waals surface area contributed by atoms with Gasteiger partial charge < -0.3 is 9.47 Å². The topological polar surface area (TPSA) is 40.5 Å². The van der Waals surface area contributed by atoms with Crippen molar-refractivity contribution < 1.29 is 14.3 Å². The van der Waals surface area contributed by atoms with E-state index in [0.717, 1.165) is 22.7 Å². The van der Waals surface area contributed by atoms with Gasteiger partial charge in [-0.3, -0.25) is 4.57 Å². The molecule has 1 aromatic heterocycles. The molecule has 0 saturated carbocycles. The number of fused-ring (bicyclic) bond motifs is 1. The van der Waals surface area contributed by atoms with Crippen molar-refractivity contribution in [3.8, 4) is 5.75 Å². The molecule has 20 heavy (non-hydrogen) atoms. The van der Waals surface area contributed by atoms with E-state index in [0.29, 0.717) is 22.9 Å². The Morgan fingerprint density at radius 1 is 1.50 bits per heavy atom. The highest BCUT2D eigenvalue weighted by Crippen LogP contribution is 2.38. The second-order valence-corrected chi connectivity index (χ2v) is 5.49. The quantitative estimate of drug-likeness (QED) is 0.732. The zero-order chi connectivity index (χ0) is 14.7. The number of benzene rings is 1. The minimum atomic E-state index is -0.424. The third-order valence-electron chi connectivity index (χ3n) is 2.96. The van der Waals surface area contributed by atoms with Crippen LogP contribution in [-0.4, -0.2) is 24.4 Å². The molecule has 2 rings (SSSR count). The molecular weight excluding hydrogens is 346 g/mol. The number of carbonyl (C=O) groups excluding carboxylic acids is 1. The first-order valence-electron chi connectivity index (χ1n) is 6.30. The lowest BCUT2D eigenvalue weighted by molar-refractivity contribution is 0.147. The van der Waals surface area contributed by atoms with Gasteiger partial charge in [-0.25, -0.2) is 4.79 Å².